The van der Waals surface area contributed by atoms with Gasteiger partial charge in [0.25, 0.3) is 0 Å². The van der Waals surface area contributed by atoms with E-state index in [4.69, 9.17) is 10.5 Å². The lowest BCUT2D eigenvalue weighted by Gasteiger charge is -2.35. The average Bonchev–Trinajstić information content (AvgIpc) is 2.29. The Kier molecular flexibility index (Phi) is 4.04. The molecule has 1 aromatic carbocycles. The number of amides is 2. The lowest BCUT2D eigenvalue weighted by atomic mass is 9.89. The lowest BCUT2D eigenvalue weighted by molar-refractivity contribution is -0.00673. The van der Waals surface area contributed by atoms with Gasteiger partial charge in [0.1, 0.15) is 0 Å². The van der Waals surface area contributed by atoms with E-state index in [-0.39, 0.29) is 12.1 Å². The molecule has 1 aliphatic rings. The van der Waals surface area contributed by atoms with Crippen LogP contribution in [0, 0.1) is 0 Å². The van der Waals surface area contributed by atoms with Gasteiger partial charge in [0, 0.05) is 24.0 Å². The van der Waals surface area contributed by atoms with Crippen molar-refractivity contribution in [3.8, 4) is 0 Å². The highest BCUT2D eigenvalue weighted by atomic mass is 16.5. The number of urea groups is 1. The third-order valence-corrected chi connectivity index (χ3v) is 3.00. The fourth-order valence-corrected chi connectivity index (χ4v) is 1.97. The van der Waals surface area contributed by atoms with E-state index < -0.39 is 0 Å². The van der Waals surface area contributed by atoms with E-state index in [1.54, 1.807) is 24.3 Å². The molecule has 4 N–H and O–H groups in total. The van der Waals surface area contributed by atoms with Gasteiger partial charge in [0.2, 0.25) is 0 Å². The number of carbonyl (C=O) groups is 1. The monoisotopic (exact) mass is 249 g/mol. The van der Waals surface area contributed by atoms with E-state index in [0.717, 1.165) is 25.1 Å². The molecule has 0 aliphatic heterocycles. The fourth-order valence-electron chi connectivity index (χ4n) is 1.97. The number of benzene rings is 1. The summed E-state index contributed by atoms with van der Waals surface area (Å²) in [6.45, 7) is 2.71. The number of hydrogen-bond donors (Lipinski definition) is 3. The summed E-state index contributed by atoms with van der Waals surface area (Å²) < 4.78 is 5.44. The molecule has 0 aromatic heterocycles. The number of nitrogens with two attached hydrogens (primary N) is 1. The second-order valence-electron chi connectivity index (χ2n) is 4.47. The molecule has 5 nitrogen and oxygen atoms in total. The molecule has 98 valence electrons. The molecule has 0 heterocycles. The number of hydrogen-bond acceptors (Lipinski definition) is 3. The van der Waals surface area contributed by atoms with E-state index in [1.807, 2.05) is 6.92 Å². The Morgan fingerprint density at radius 2 is 2.06 bits per heavy atom. The Morgan fingerprint density at radius 1 is 1.39 bits per heavy atom. The zero-order valence-corrected chi connectivity index (χ0v) is 10.5. The molecule has 0 atom stereocenters. The summed E-state index contributed by atoms with van der Waals surface area (Å²) in [5, 5.41) is 5.68. The van der Waals surface area contributed by atoms with Crippen molar-refractivity contribution in [2.24, 2.45) is 0 Å². The summed E-state index contributed by atoms with van der Waals surface area (Å²) in [6.07, 6.45) is 2.09. The number of carbonyl (C=O) groups excluding carboxylic acids is 1. The highest BCUT2D eigenvalue weighted by Crippen LogP contribution is 2.23. The number of nitrogens with one attached hydrogen (secondary N) is 2. The van der Waals surface area contributed by atoms with Crippen LogP contribution in [0.25, 0.3) is 0 Å². The minimum absolute atomic E-state index is 0.181. The number of ether oxygens (including phenoxy) is 1. The van der Waals surface area contributed by atoms with Crippen molar-refractivity contribution in [1.29, 1.82) is 0 Å². The van der Waals surface area contributed by atoms with Gasteiger partial charge in [-0.2, -0.15) is 0 Å². The minimum Gasteiger partial charge on any atom is -0.399 e. The number of nitrogen functional groups attached to an aromatic ring is 1. The molecule has 0 spiro atoms. The van der Waals surface area contributed by atoms with Gasteiger partial charge < -0.3 is 21.1 Å². The second-order valence-corrected chi connectivity index (χ2v) is 4.47. The molecule has 0 radical (unpaired) electrons. The minimum atomic E-state index is -0.181. The topological polar surface area (TPSA) is 76.4 Å². The van der Waals surface area contributed by atoms with Crippen LogP contribution in [0.1, 0.15) is 19.8 Å². The van der Waals surface area contributed by atoms with Crippen LogP contribution in [-0.2, 0) is 4.74 Å². The third-order valence-electron chi connectivity index (χ3n) is 3.00. The zero-order valence-electron chi connectivity index (χ0n) is 10.5. The molecular weight excluding hydrogens is 230 g/mol. The highest BCUT2D eigenvalue weighted by molar-refractivity contribution is 5.89. The Hall–Kier alpha value is -1.75. The van der Waals surface area contributed by atoms with E-state index in [0.29, 0.717) is 11.8 Å². The molecule has 2 rings (SSSR count). The Labute approximate surface area is 107 Å². The van der Waals surface area contributed by atoms with Gasteiger partial charge in [0.15, 0.2) is 0 Å². The summed E-state index contributed by atoms with van der Waals surface area (Å²) in [4.78, 5) is 11.7. The van der Waals surface area contributed by atoms with Crippen LogP contribution in [0.15, 0.2) is 24.3 Å². The summed E-state index contributed by atoms with van der Waals surface area (Å²) >= 11 is 0. The summed E-state index contributed by atoms with van der Waals surface area (Å²) in [6, 6.07) is 7.10. The maximum absolute atomic E-state index is 11.7. The molecule has 1 fully saturated rings. The highest BCUT2D eigenvalue weighted by Gasteiger charge is 2.30. The lowest BCUT2D eigenvalue weighted by Crippen LogP contribution is -2.49. The van der Waals surface area contributed by atoms with E-state index in [1.165, 1.54) is 0 Å². The average molecular weight is 249 g/mol. The molecule has 1 aliphatic carbocycles. The molecule has 1 aromatic rings. The smallest absolute Gasteiger partial charge is 0.319 e. The largest absolute Gasteiger partial charge is 0.399 e. The molecule has 1 saturated carbocycles. The third kappa shape index (κ3) is 3.37. The molecule has 0 saturated heterocycles. The van der Waals surface area contributed by atoms with E-state index in [9.17, 15) is 4.79 Å². The number of anilines is 2. The van der Waals surface area contributed by atoms with Crippen molar-refractivity contribution < 1.29 is 9.53 Å². The Bertz CT molecular complexity index is 399. The van der Waals surface area contributed by atoms with Gasteiger partial charge in [-0.1, -0.05) is 0 Å². The van der Waals surface area contributed by atoms with Crippen LogP contribution in [-0.4, -0.2) is 24.8 Å². The molecule has 18 heavy (non-hydrogen) atoms. The van der Waals surface area contributed by atoms with Gasteiger partial charge in [-0.3, -0.25) is 0 Å². The first kappa shape index (κ1) is 12.7. The van der Waals surface area contributed by atoms with Crippen LogP contribution in [0.3, 0.4) is 0 Å². The van der Waals surface area contributed by atoms with Crippen molar-refractivity contribution in [3.05, 3.63) is 24.3 Å². The van der Waals surface area contributed by atoms with Gasteiger partial charge in [-0.15, -0.1) is 0 Å². The van der Waals surface area contributed by atoms with Crippen molar-refractivity contribution >= 4 is 17.4 Å². The maximum Gasteiger partial charge on any atom is 0.319 e. The molecule has 0 bridgehead atoms. The van der Waals surface area contributed by atoms with E-state index >= 15 is 0 Å². The van der Waals surface area contributed by atoms with Crippen molar-refractivity contribution in [2.45, 2.75) is 31.9 Å². The summed E-state index contributed by atoms with van der Waals surface area (Å²) in [5.74, 6) is 0. The first-order valence-corrected chi connectivity index (χ1v) is 6.22. The van der Waals surface area contributed by atoms with Crippen molar-refractivity contribution in [3.63, 3.8) is 0 Å². The molecule has 5 heteroatoms. The van der Waals surface area contributed by atoms with Crippen molar-refractivity contribution in [1.82, 2.24) is 5.32 Å². The van der Waals surface area contributed by atoms with Crippen LogP contribution in [0.2, 0.25) is 0 Å². The molecule has 0 unspecified atom stereocenters. The summed E-state index contributed by atoms with van der Waals surface area (Å²) in [5.41, 5.74) is 6.99. The molecule has 2 amide bonds. The predicted molar refractivity (Wildman–Crippen MR) is 71.4 cm³/mol. The van der Waals surface area contributed by atoms with Crippen LogP contribution < -0.4 is 16.4 Å². The van der Waals surface area contributed by atoms with Crippen molar-refractivity contribution in [2.75, 3.05) is 17.7 Å². The first-order valence-electron chi connectivity index (χ1n) is 6.22. The van der Waals surface area contributed by atoms with Gasteiger partial charge in [-0.05, 0) is 44.0 Å². The predicted octanol–water partition coefficient (Wildman–Crippen LogP) is 1.96. The SMILES string of the molecule is CCOC1CC(NC(=O)Nc2ccc(N)cc2)C1. The summed E-state index contributed by atoms with van der Waals surface area (Å²) in [7, 11) is 0. The normalized spacial score (nSPS) is 22.1. The van der Waals surface area contributed by atoms with Gasteiger partial charge in [-0.25, -0.2) is 4.79 Å². The van der Waals surface area contributed by atoms with Crippen LogP contribution >= 0.6 is 0 Å². The Morgan fingerprint density at radius 3 is 2.67 bits per heavy atom. The fraction of sp³-hybridized carbons (Fsp3) is 0.462. The van der Waals surface area contributed by atoms with Crippen LogP contribution in [0.4, 0.5) is 16.2 Å². The standard InChI is InChI=1S/C13H19N3O2/c1-2-18-12-7-11(8-12)16-13(17)15-10-5-3-9(14)4-6-10/h3-6,11-12H,2,7-8,14H2,1H3,(H2,15,16,17). The quantitative estimate of drug-likeness (QED) is 0.714. The second kappa shape index (κ2) is 5.73. The number of rotatable bonds is 4. The van der Waals surface area contributed by atoms with Crippen LogP contribution in [0.5, 0.6) is 0 Å². The van der Waals surface area contributed by atoms with Gasteiger partial charge in [0.05, 0.1) is 6.10 Å². The van der Waals surface area contributed by atoms with E-state index in [2.05, 4.69) is 10.6 Å². The van der Waals surface area contributed by atoms with Gasteiger partial charge >= 0.3 is 6.03 Å². The zero-order chi connectivity index (χ0) is 13.0. The maximum atomic E-state index is 11.7. The molecular formula is C13H19N3O2. The Balaban J connectivity index is 1.72. The first-order chi connectivity index (χ1) is 8.67.